The third-order valence-electron chi connectivity index (χ3n) is 3.00. The molecule has 0 unspecified atom stereocenters. The monoisotopic (exact) mass is 308 g/mol. The average Bonchev–Trinajstić information content (AvgIpc) is 2.77. The lowest BCUT2D eigenvalue weighted by atomic mass is 10.1. The summed E-state index contributed by atoms with van der Waals surface area (Å²) in [6.07, 6.45) is 1.75. The van der Waals surface area contributed by atoms with Crippen LogP contribution in [0.1, 0.15) is 15.2 Å². The van der Waals surface area contributed by atoms with Gasteiger partial charge < -0.3 is 16.0 Å². The molecule has 20 heavy (non-hydrogen) atoms. The molecule has 7 heteroatoms. The van der Waals surface area contributed by atoms with E-state index in [9.17, 15) is 4.79 Å². The predicted octanol–water partition coefficient (Wildman–Crippen LogP) is 2.56. The van der Waals surface area contributed by atoms with E-state index in [0.717, 1.165) is 16.3 Å². The van der Waals surface area contributed by atoms with E-state index in [2.05, 4.69) is 20.9 Å². The second kappa shape index (κ2) is 5.68. The summed E-state index contributed by atoms with van der Waals surface area (Å²) < 4.78 is 0.534. The molecule has 1 aromatic heterocycles. The average molecular weight is 309 g/mol. The van der Waals surface area contributed by atoms with Crippen molar-refractivity contribution in [1.29, 1.82) is 0 Å². The topological polar surface area (TPSA) is 66.1 Å². The Labute approximate surface area is 125 Å². The third-order valence-corrected chi connectivity index (χ3v) is 4.11. The number of amides is 1. The van der Waals surface area contributed by atoms with Crippen LogP contribution in [0.25, 0.3) is 0 Å². The zero-order chi connectivity index (χ0) is 13.9. The van der Waals surface area contributed by atoms with Crippen LogP contribution in [0.2, 0.25) is 4.47 Å². The first-order valence-corrected chi connectivity index (χ1v) is 7.42. The standard InChI is InChI=1S/C13H13ClN4OS/c14-13-18-7-8(20-13)6-17-10-3-1-2-9-11(10)15-4-5-16-12(9)19/h1-3,7,15,17H,4-6H2,(H,16,19). The Bertz CT molecular complexity index is 643. The number of halogens is 1. The first-order chi connectivity index (χ1) is 9.74. The molecule has 3 N–H and O–H groups in total. The third kappa shape index (κ3) is 2.71. The summed E-state index contributed by atoms with van der Waals surface area (Å²) in [6.45, 7) is 1.96. The van der Waals surface area contributed by atoms with E-state index in [1.165, 1.54) is 11.3 Å². The predicted molar refractivity (Wildman–Crippen MR) is 81.7 cm³/mol. The van der Waals surface area contributed by atoms with Crippen LogP contribution in [0, 0.1) is 0 Å². The van der Waals surface area contributed by atoms with Gasteiger partial charge in [-0.1, -0.05) is 17.7 Å². The van der Waals surface area contributed by atoms with Gasteiger partial charge in [0.2, 0.25) is 0 Å². The number of anilines is 2. The van der Waals surface area contributed by atoms with E-state index in [0.29, 0.717) is 29.7 Å². The maximum atomic E-state index is 11.9. The molecule has 1 aliphatic rings. The van der Waals surface area contributed by atoms with E-state index >= 15 is 0 Å². The maximum absolute atomic E-state index is 11.9. The minimum Gasteiger partial charge on any atom is -0.381 e. The fraction of sp³-hybridized carbons (Fsp3) is 0.231. The van der Waals surface area contributed by atoms with Crippen LogP contribution in [0.5, 0.6) is 0 Å². The number of carbonyl (C=O) groups excluding carboxylic acids is 1. The van der Waals surface area contributed by atoms with E-state index in [1.807, 2.05) is 18.2 Å². The number of aromatic nitrogens is 1. The van der Waals surface area contributed by atoms with Crippen LogP contribution in [-0.4, -0.2) is 24.0 Å². The van der Waals surface area contributed by atoms with Crippen molar-refractivity contribution >= 4 is 40.2 Å². The minimum absolute atomic E-state index is 0.0468. The first kappa shape index (κ1) is 13.2. The molecule has 0 bridgehead atoms. The van der Waals surface area contributed by atoms with Gasteiger partial charge in [-0.05, 0) is 12.1 Å². The van der Waals surface area contributed by atoms with Crippen molar-refractivity contribution in [3.8, 4) is 0 Å². The molecule has 2 aromatic rings. The van der Waals surface area contributed by atoms with E-state index < -0.39 is 0 Å². The lowest BCUT2D eigenvalue weighted by molar-refractivity contribution is 0.0958. The normalized spacial score (nSPS) is 13.9. The number of nitrogens with zero attached hydrogens (tertiary/aromatic N) is 1. The van der Waals surface area contributed by atoms with Gasteiger partial charge in [0, 0.05) is 24.2 Å². The lowest BCUT2D eigenvalue weighted by Crippen LogP contribution is -2.24. The van der Waals surface area contributed by atoms with Gasteiger partial charge in [-0.3, -0.25) is 4.79 Å². The minimum atomic E-state index is -0.0468. The van der Waals surface area contributed by atoms with Gasteiger partial charge in [-0.25, -0.2) is 4.98 Å². The largest absolute Gasteiger partial charge is 0.381 e. The number of nitrogens with one attached hydrogen (secondary N) is 3. The highest BCUT2D eigenvalue weighted by atomic mass is 35.5. The number of benzene rings is 1. The van der Waals surface area contributed by atoms with Crippen LogP contribution in [0.4, 0.5) is 11.4 Å². The van der Waals surface area contributed by atoms with Gasteiger partial charge in [0.1, 0.15) is 0 Å². The molecule has 0 aliphatic carbocycles. The van der Waals surface area contributed by atoms with E-state index in [4.69, 9.17) is 11.6 Å². The van der Waals surface area contributed by atoms with Crippen LogP contribution >= 0.6 is 22.9 Å². The van der Waals surface area contributed by atoms with Gasteiger partial charge in [0.15, 0.2) is 4.47 Å². The van der Waals surface area contributed by atoms with Crippen molar-refractivity contribution in [3.63, 3.8) is 0 Å². The summed E-state index contributed by atoms with van der Waals surface area (Å²) in [6, 6.07) is 5.64. The molecule has 0 atom stereocenters. The van der Waals surface area contributed by atoms with Gasteiger partial charge in [-0.2, -0.15) is 0 Å². The highest BCUT2D eigenvalue weighted by molar-refractivity contribution is 7.15. The summed E-state index contributed by atoms with van der Waals surface area (Å²) in [4.78, 5) is 17.0. The second-order valence-corrected chi connectivity index (χ2v) is 6.04. The zero-order valence-electron chi connectivity index (χ0n) is 10.6. The fourth-order valence-corrected chi connectivity index (χ4v) is 3.00. The summed E-state index contributed by atoms with van der Waals surface area (Å²) >= 11 is 7.25. The number of rotatable bonds is 3. The molecule has 3 rings (SSSR count). The van der Waals surface area contributed by atoms with Crippen molar-refractivity contribution in [2.24, 2.45) is 0 Å². The summed E-state index contributed by atoms with van der Waals surface area (Å²) in [5.74, 6) is -0.0468. The van der Waals surface area contributed by atoms with Gasteiger partial charge in [0.25, 0.3) is 5.91 Å². The molecule has 5 nitrogen and oxygen atoms in total. The summed E-state index contributed by atoms with van der Waals surface area (Å²) in [5, 5.41) is 9.45. The highest BCUT2D eigenvalue weighted by Crippen LogP contribution is 2.28. The molecule has 0 spiro atoms. The first-order valence-electron chi connectivity index (χ1n) is 6.23. The Morgan fingerprint density at radius 1 is 1.35 bits per heavy atom. The smallest absolute Gasteiger partial charge is 0.253 e. The Balaban J connectivity index is 1.83. The number of fused-ring (bicyclic) bond motifs is 1. The number of para-hydroxylation sites is 1. The van der Waals surface area contributed by atoms with Crippen molar-refractivity contribution in [3.05, 3.63) is 39.3 Å². The zero-order valence-corrected chi connectivity index (χ0v) is 12.1. The number of thiazole rings is 1. The van der Waals surface area contributed by atoms with E-state index in [-0.39, 0.29) is 5.91 Å². The fourth-order valence-electron chi connectivity index (χ4n) is 2.09. The van der Waals surface area contributed by atoms with Crippen LogP contribution < -0.4 is 16.0 Å². The molecule has 0 fully saturated rings. The van der Waals surface area contributed by atoms with Gasteiger partial charge in [-0.15, -0.1) is 11.3 Å². The van der Waals surface area contributed by atoms with Crippen molar-refractivity contribution < 1.29 is 4.79 Å². The Morgan fingerprint density at radius 2 is 2.20 bits per heavy atom. The molecular formula is C13H13ClN4OS. The van der Waals surface area contributed by atoms with Crippen molar-refractivity contribution in [2.45, 2.75) is 6.54 Å². The molecule has 0 radical (unpaired) electrons. The second-order valence-electron chi connectivity index (χ2n) is 4.34. The Morgan fingerprint density at radius 3 is 3.00 bits per heavy atom. The van der Waals surface area contributed by atoms with Gasteiger partial charge >= 0.3 is 0 Å². The molecule has 1 aromatic carbocycles. The maximum Gasteiger partial charge on any atom is 0.253 e. The summed E-state index contributed by atoms with van der Waals surface area (Å²) in [5.41, 5.74) is 2.41. The van der Waals surface area contributed by atoms with E-state index in [1.54, 1.807) is 6.20 Å². The molecule has 2 heterocycles. The van der Waals surface area contributed by atoms with Crippen LogP contribution in [0.3, 0.4) is 0 Å². The lowest BCUT2D eigenvalue weighted by Gasteiger charge is -2.13. The summed E-state index contributed by atoms with van der Waals surface area (Å²) in [7, 11) is 0. The van der Waals surface area contributed by atoms with Crippen molar-refractivity contribution in [1.82, 2.24) is 10.3 Å². The quantitative estimate of drug-likeness (QED) is 0.815. The van der Waals surface area contributed by atoms with Crippen LogP contribution in [0.15, 0.2) is 24.4 Å². The highest BCUT2D eigenvalue weighted by Gasteiger charge is 2.17. The molecule has 0 saturated carbocycles. The number of carbonyl (C=O) groups is 1. The number of hydrogen-bond donors (Lipinski definition) is 3. The van der Waals surface area contributed by atoms with Crippen LogP contribution in [-0.2, 0) is 6.54 Å². The van der Waals surface area contributed by atoms with Gasteiger partial charge in [0.05, 0.1) is 23.5 Å². The Hall–Kier alpha value is -1.79. The molecule has 1 amide bonds. The molecule has 1 aliphatic heterocycles. The Kier molecular flexibility index (Phi) is 3.75. The SMILES string of the molecule is O=C1NCCNc2c(NCc3cnc(Cl)s3)cccc21. The van der Waals surface area contributed by atoms with Crippen molar-refractivity contribution in [2.75, 3.05) is 23.7 Å². The number of hydrogen-bond acceptors (Lipinski definition) is 5. The molecule has 104 valence electrons. The molecular weight excluding hydrogens is 296 g/mol. The molecule has 0 saturated heterocycles.